The molecule has 0 bridgehead atoms. The zero-order valence-corrected chi connectivity index (χ0v) is 20.5. The lowest BCUT2D eigenvalue weighted by Crippen LogP contribution is -2.26. The van der Waals surface area contributed by atoms with Gasteiger partial charge < -0.3 is 4.42 Å². The van der Waals surface area contributed by atoms with Crippen LogP contribution in [0.25, 0.3) is 11.0 Å². The van der Waals surface area contributed by atoms with Crippen molar-refractivity contribution in [2.24, 2.45) is 11.3 Å². The highest BCUT2D eigenvalue weighted by Gasteiger charge is 2.32. The van der Waals surface area contributed by atoms with Crippen molar-refractivity contribution < 1.29 is 12.8 Å². The summed E-state index contributed by atoms with van der Waals surface area (Å²) in [4.78, 5) is 0.361. The van der Waals surface area contributed by atoms with Crippen molar-refractivity contribution in [2.45, 2.75) is 72.6 Å². The Kier molecular flexibility index (Phi) is 5.24. The van der Waals surface area contributed by atoms with E-state index in [-0.39, 0.29) is 5.41 Å². The van der Waals surface area contributed by atoms with Crippen LogP contribution in [0.1, 0.15) is 60.8 Å². The molecule has 4 rings (SSSR count). The maximum atomic E-state index is 13.3. The SMILES string of the molecule is Cc1cc(C)c(S(=O)(=O)Nc2cc3c4c(oc3cc2C)CCC(C(C)(C)C)C4)c(C)c1. The fourth-order valence-electron chi connectivity index (χ4n) is 5.06. The molecule has 1 N–H and O–H groups in total. The lowest BCUT2D eigenvalue weighted by molar-refractivity contribution is 0.210. The Hall–Kier alpha value is -2.27. The molecule has 0 fully saturated rings. The van der Waals surface area contributed by atoms with Gasteiger partial charge >= 0.3 is 0 Å². The molecule has 0 aliphatic heterocycles. The largest absolute Gasteiger partial charge is 0.461 e. The summed E-state index contributed by atoms with van der Waals surface area (Å²) >= 11 is 0. The van der Waals surface area contributed by atoms with Crippen LogP contribution in [0.3, 0.4) is 0 Å². The molecule has 31 heavy (non-hydrogen) atoms. The average molecular weight is 440 g/mol. The molecule has 1 aliphatic carbocycles. The Balaban J connectivity index is 1.77. The number of benzene rings is 2. The molecule has 0 radical (unpaired) electrons. The first kappa shape index (κ1) is 21.9. The van der Waals surface area contributed by atoms with E-state index in [0.29, 0.717) is 16.5 Å². The number of furan rings is 1. The molecule has 1 atom stereocenters. The third kappa shape index (κ3) is 4.00. The molecule has 0 spiro atoms. The number of anilines is 1. The van der Waals surface area contributed by atoms with Gasteiger partial charge in [0.25, 0.3) is 10.0 Å². The number of hydrogen-bond acceptors (Lipinski definition) is 3. The topological polar surface area (TPSA) is 59.3 Å². The standard InChI is InChI=1S/C26H33NO3S/c1-15-10-17(3)25(18(4)11-15)31(28,29)27-22-14-21-20-13-19(26(5,6)7)8-9-23(20)30-24(21)12-16(22)2/h10-12,14,19,27H,8-9,13H2,1-7H3. The van der Waals surface area contributed by atoms with Crippen LogP contribution in [0.15, 0.2) is 33.6 Å². The lowest BCUT2D eigenvalue weighted by Gasteiger charge is -2.33. The quantitative estimate of drug-likeness (QED) is 0.499. The van der Waals surface area contributed by atoms with Crippen molar-refractivity contribution in [1.82, 2.24) is 0 Å². The minimum Gasteiger partial charge on any atom is -0.461 e. The van der Waals surface area contributed by atoms with Gasteiger partial charge in [-0.05, 0) is 80.7 Å². The molecular weight excluding hydrogens is 406 g/mol. The second kappa shape index (κ2) is 7.40. The van der Waals surface area contributed by atoms with Crippen molar-refractivity contribution in [3.63, 3.8) is 0 Å². The summed E-state index contributed by atoms with van der Waals surface area (Å²) in [7, 11) is -3.70. The molecule has 0 saturated heterocycles. The molecule has 3 aromatic rings. The first-order valence-corrected chi connectivity index (χ1v) is 12.5. The van der Waals surface area contributed by atoms with Gasteiger partial charge in [0, 0.05) is 17.4 Å². The van der Waals surface area contributed by atoms with Crippen LogP contribution in [0.5, 0.6) is 0 Å². The normalized spacial score (nSPS) is 17.1. The van der Waals surface area contributed by atoms with Gasteiger partial charge in [-0.2, -0.15) is 0 Å². The first-order valence-electron chi connectivity index (χ1n) is 11.0. The maximum Gasteiger partial charge on any atom is 0.262 e. The first-order chi connectivity index (χ1) is 14.4. The van der Waals surface area contributed by atoms with Gasteiger partial charge in [-0.25, -0.2) is 8.42 Å². The number of aryl methyl sites for hydroxylation is 5. The monoisotopic (exact) mass is 439 g/mol. The Morgan fingerprint density at radius 2 is 1.61 bits per heavy atom. The van der Waals surface area contributed by atoms with E-state index in [0.717, 1.165) is 58.2 Å². The molecule has 166 valence electrons. The van der Waals surface area contributed by atoms with E-state index in [1.54, 1.807) is 0 Å². The van der Waals surface area contributed by atoms with Gasteiger partial charge in [0.15, 0.2) is 0 Å². The molecule has 0 amide bonds. The van der Waals surface area contributed by atoms with Gasteiger partial charge in [-0.3, -0.25) is 4.72 Å². The van der Waals surface area contributed by atoms with Gasteiger partial charge in [0.05, 0.1) is 10.6 Å². The molecule has 1 aliphatic rings. The highest BCUT2D eigenvalue weighted by atomic mass is 32.2. The molecule has 0 saturated carbocycles. The molecule has 5 heteroatoms. The summed E-state index contributed by atoms with van der Waals surface area (Å²) in [6, 6.07) is 7.76. The van der Waals surface area contributed by atoms with Crippen molar-refractivity contribution >= 4 is 26.7 Å². The highest BCUT2D eigenvalue weighted by Crippen LogP contribution is 2.42. The van der Waals surface area contributed by atoms with Crippen LogP contribution < -0.4 is 4.72 Å². The fraction of sp³-hybridized carbons (Fsp3) is 0.462. The number of rotatable bonds is 3. The Morgan fingerprint density at radius 3 is 2.23 bits per heavy atom. The van der Waals surface area contributed by atoms with Crippen LogP contribution >= 0.6 is 0 Å². The molecule has 1 unspecified atom stereocenters. The molecule has 4 nitrogen and oxygen atoms in total. The molecule has 1 heterocycles. The zero-order chi connectivity index (χ0) is 22.7. The van der Waals surface area contributed by atoms with E-state index in [4.69, 9.17) is 4.42 Å². The van der Waals surface area contributed by atoms with E-state index in [1.165, 1.54) is 5.56 Å². The molecular formula is C26H33NO3S. The van der Waals surface area contributed by atoms with Crippen molar-refractivity contribution in [3.8, 4) is 0 Å². The highest BCUT2D eigenvalue weighted by molar-refractivity contribution is 7.92. The van der Waals surface area contributed by atoms with Crippen LogP contribution in [-0.4, -0.2) is 8.42 Å². The Bertz CT molecular complexity index is 1250. The second-order valence-corrected chi connectivity index (χ2v) is 11.9. The van der Waals surface area contributed by atoms with Crippen LogP contribution in [0.4, 0.5) is 5.69 Å². The van der Waals surface area contributed by atoms with Gasteiger partial charge in [-0.1, -0.05) is 38.5 Å². The average Bonchev–Trinajstić information content (AvgIpc) is 2.96. The summed E-state index contributed by atoms with van der Waals surface area (Å²) in [5.74, 6) is 1.64. The minimum atomic E-state index is -3.70. The summed E-state index contributed by atoms with van der Waals surface area (Å²) in [6.07, 6.45) is 3.03. The number of fused-ring (bicyclic) bond motifs is 3. The summed E-state index contributed by atoms with van der Waals surface area (Å²) in [5.41, 5.74) is 6.38. The molecule has 1 aromatic heterocycles. The Morgan fingerprint density at radius 1 is 0.968 bits per heavy atom. The van der Waals surface area contributed by atoms with Gasteiger partial charge in [0.2, 0.25) is 0 Å². The van der Waals surface area contributed by atoms with Gasteiger partial charge in [-0.15, -0.1) is 0 Å². The van der Waals surface area contributed by atoms with E-state index in [1.807, 2.05) is 52.0 Å². The second-order valence-electron chi connectivity index (χ2n) is 10.3. The zero-order valence-electron chi connectivity index (χ0n) is 19.6. The number of sulfonamides is 1. The van der Waals surface area contributed by atoms with Crippen molar-refractivity contribution in [3.05, 3.63) is 57.8 Å². The van der Waals surface area contributed by atoms with Crippen LogP contribution in [0, 0.1) is 39.0 Å². The number of nitrogens with one attached hydrogen (secondary N) is 1. The minimum absolute atomic E-state index is 0.233. The van der Waals surface area contributed by atoms with E-state index in [2.05, 4.69) is 25.5 Å². The van der Waals surface area contributed by atoms with E-state index < -0.39 is 10.0 Å². The fourth-order valence-corrected chi connectivity index (χ4v) is 6.64. The maximum absolute atomic E-state index is 13.3. The third-order valence-corrected chi connectivity index (χ3v) is 8.40. The predicted octanol–water partition coefficient (Wildman–Crippen LogP) is 6.62. The van der Waals surface area contributed by atoms with Crippen molar-refractivity contribution in [1.29, 1.82) is 0 Å². The van der Waals surface area contributed by atoms with Crippen LogP contribution in [-0.2, 0) is 22.9 Å². The van der Waals surface area contributed by atoms with Crippen LogP contribution in [0.2, 0.25) is 0 Å². The predicted molar refractivity (Wildman–Crippen MR) is 127 cm³/mol. The lowest BCUT2D eigenvalue weighted by atomic mass is 9.71. The summed E-state index contributed by atoms with van der Waals surface area (Å²) < 4.78 is 35.7. The Labute approximate surface area is 186 Å². The van der Waals surface area contributed by atoms with Gasteiger partial charge in [0.1, 0.15) is 11.3 Å². The van der Waals surface area contributed by atoms with E-state index >= 15 is 0 Å². The molecule has 2 aromatic carbocycles. The number of hydrogen-bond donors (Lipinski definition) is 1. The smallest absolute Gasteiger partial charge is 0.262 e. The van der Waals surface area contributed by atoms with Crippen molar-refractivity contribution in [2.75, 3.05) is 4.72 Å². The third-order valence-electron chi connectivity index (χ3n) is 6.73. The summed E-state index contributed by atoms with van der Waals surface area (Å²) in [5, 5.41) is 1.03. The van der Waals surface area contributed by atoms with E-state index in [9.17, 15) is 8.42 Å². The summed E-state index contributed by atoms with van der Waals surface area (Å²) in [6.45, 7) is 14.5.